The van der Waals surface area contributed by atoms with Gasteiger partial charge in [-0.3, -0.25) is 14.7 Å². The van der Waals surface area contributed by atoms with Gasteiger partial charge in [0.05, 0.1) is 32.5 Å². The average molecular weight is 646 g/mol. The summed E-state index contributed by atoms with van der Waals surface area (Å²) >= 11 is 12.3. The van der Waals surface area contributed by atoms with Crippen LogP contribution >= 0.6 is 60.4 Å². The minimum absolute atomic E-state index is 0. The van der Waals surface area contributed by atoms with E-state index in [1.165, 1.54) is 12.5 Å². The Hall–Kier alpha value is -2.36. The molecule has 2 N–H and O–H groups in total. The number of nitrogens with zero attached hydrogens (tertiary/aromatic N) is 4. The van der Waals surface area contributed by atoms with Crippen molar-refractivity contribution in [2.24, 2.45) is 0 Å². The number of carbonyl (C=O) groups is 1. The van der Waals surface area contributed by atoms with Crippen LogP contribution < -0.4 is 5.32 Å². The third-order valence-corrected chi connectivity index (χ3v) is 7.21. The van der Waals surface area contributed by atoms with Gasteiger partial charge in [-0.05, 0) is 55.9 Å². The Labute approximate surface area is 262 Å². The summed E-state index contributed by atoms with van der Waals surface area (Å²) in [4.78, 5) is 26.6. The van der Waals surface area contributed by atoms with Crippen LogP contribution in [0.25, 0.3) is 22.3 Å². The second-order valence-corrected chi connectivity index (χ2v) is 10.2. The normalized spacial score (nSPS) is 13.6. The van der Waals surface area contributed by atoms with Crippen LogP contribution in [0.1, 0.15) is 22.8 Å². The van der Waals surface area contributed by atoms with E-state index in [-0.39, 0.29) is 58.8 Å². The number of aromatic nitrogens is 2. The fourth-order valence-electron chi connectivity index (χ4n) is 4.44. The summed E-state index contributed by atoms with van der Waals surface area (Å²) in [7, 11) is 2.16. The molecule has 0 aliphatic carbocycles. The molecule has 1 fully saturated rings. The number of ketones is 1. The molecule has 3 heterocycles. The van der Waals surface area contributed by atoms with Gasteiger partial charge >= 0.3 is 0 Å². The van der Waals surface area contributed by atoms with E-state index in [4.69, 9.17) is 28.2 Å². The predicted molar refractivity (Wildman–Crippen MR) is 171 cm³/mol. The number of aromatic hydroxyl groups is 1. The number of anilines is 2. The van der Waals surface area contributed by atoms with E-state index < -0.39 is 0 Å². The van der Waals surface area contributed by atoms with Crippen molar-refractivity contribution in [3.05, 3.63) is 75.9 Å². The number of piperazine rings is 1. The van der Waals surface area contributed by atoms with Gasteiger partial charge in [0.1, 0.15) is 5.52 Å². The topological polar surface area (TPSA) is 81.6 Å². The Balaban J connectivity index is 0.00000187. The van der Waals surface area contributed by atoms with Crippen molar-refractivity contribution in [2.75, 3.05) is 38.5 Å². The molecule has 0 amide bonds. The molecule has 2 aromatic heterocycles. The number of phenols is 1. The number of benzene rings is 2. The highest BCUT2D eigenvalue weighted by Crippen LogP contribution is 2.37. The largest absolute Gasteiger partial charge is 0.505 e. The second-order valence-electron chi connectivity index (χ2n) is 9.36. The van der Waals surface area contributed by atoms with Crippen molar-refractivity contribution in [3.8, 4) is 17.0 Å². The molecular formula is C28H30Cl5N5O2. The summed E-state index contributed by atoms with van der Waals surface area (Å²) in [6.45, 7) is 6.71. The minimum atomic E-state index is -0.174. The van der Waals surface area contributed by atoms with Crippen LogP contribution in [-0.4, -0.2) is 63.9 Å². The maximum atomic E-state index is 12.5. The number of hydrogen-bond donors (Lipinski definition) is 2. The zero-order valence-corrected chi connectivity index (χ0v) is 25.8. The maximum Gasteiger partial charge on any atom is 0.163 e. The Morgan fingerprint density at radius 3 is 2.20 bits per heavy atom. The average Bonchev–Trinajstić information content (AvgIpc) is 2.89. The van der Waals surface area contributed by atoms with Crippen molar-refractivity contribution in [2.45, 2.75) is 13.5 Å². The molecule has 0 bridgehead atoms. The first-order valence-corrected chi connectivity index (χ1v) is 12.8. The zero-order chi connectivity index (χ0) is 26.1. The molecule has 0 saturated carbocycles. The SMILES string of the molecule is CC(=O)c1cnc2ccc(-c3cc(Cl)c(O)c(Cl)c3)nc2c1Nc1ccc(CN2CCN(C)CC2)cc1.Cl.Cl.Cl. The van der Waals surface area contributed by atoms with Gasteiger partial charge in [-0.25, -0.2) is 4.98 Å². The van der Waals surface area contributed by atoms with E-state index in [1.807, 2.05) is 18.2 Å². The molecule has 1 aliphatic rings. The Kier molecular flexibility index (Phi) is 12.3. The Bertz CT molecular complexity index is 1460. The summed E-state index contributed by atoms with van der Waals surface area (Å²) in [6, 6.07) is 15.1. The summed E-state index contributed by atoms with van der Waals surface area (Å²) in [6.07, 6.45) is 1.57. The first-order valence-electron chi connectivity index (χ1n) is 12.0. The quantitative estimate of drug-likeness (QED) is 0.214. The monoisotopic (exact) mass is 643 g/mol. The van der Waals surface area contributed by atoms with Gasteiger partial charge in [0.15, 0.2) is 11.5 Å². The first kappa shape index (κ1) is 33.8. The lowest BCUT2D eigenvalue weighted by Crippen LogP contribution is -2.43. The molecule has 0 spiro atoms. The summed E-state index contributed by atoms with van der Waals surface area (Å²) in [5.74, 6) is -0.293. The number of likely N-dealkylation sites (N-methyl/N-ethyl adjacent to an activating group) is 1. The fraction of sp³-hybridized carbons (Fsp3) is 0.250. The van der Waals surface area contributed by atoms with Crippen LogP contribution in [0.5, 0.6) is 5.75 Å². The maximum absolute atomic E-state index is 12.5. The number of rotatable bonds is 6. The molecule has 4 aromatic rings. The number of carbonyl (C=O) groups excluding carboxylic acids is 1. The highest BCUT2D eigenvalue weighted by Gasteiger charge is 2.17. The zero-order valence-electron chi connectivity index (χ0n) is 21.9. The van der Waals surface area contributed by atoms with Gasteiger partial charge in [0, 0.05) is 50.2 Å². The van der Waals surface area contributed by atoms with E-state index >= 15 is 0 Å². The van der Waals surface area contributed by atoms with Crippen LogP contribution in [0.15, 0.2) is 54.7 Å². The molecule has 40 heavy (non-hydrogen) atoms. The number of Topliss-reactive ketones (excluding diaryl/α,β-unsaturated/α-hetero) is 1. The van der Waals surface area contributed by atoms with Crippen LogP contribution in [0.2, 0.25) is 10.0 Å². The highest BCUT2D eigenvalue weighted by molar-refractivity contribution is 6.37. The summed E-state index contributed by atoms with van der Waals surface area (Å²) in [5, 5.41) is 13.6. The van der Waals surface area contributed by atoms with Crippen molar-refractivity contribution >= 4 is 88.6 Å². The minimum Gasteiger partial charge on any atom is -0.505 e. The van der Waals surface area contributed by atoms with E-state index in [0.717, 1.165) is 38.4 Å². The van der Waals surface area contributed by atoms with Gasteiger partial charge in [-0.15, -0.1) is 37.2 Å². The molecule has 0 atom stereocenters. The fourth-order valence-corrected chi connectivity index (χ4v) is 4.92. The van der Waals surface area contributed by atoms with E-state index in [0.29, 0.717) is 33.5 Å². The van der Waals surface area contributed by atoms with Crippen molar-refractivity contribution in [1.29, 1.82) is 0 Å². The van der Waals surface area contributed by atoms with Gasteiger partial charge in [0.25, 0.3) is 0 Å². The van der Waals surface area contributed by atoms with Gasteiger partial charge < -0.3 is 15.3 Å². The van der Waals surface area contributed by atoms with E-state index in [2.05, 4.69) is 39.3 Å². The molecule has 1 aliphatic heterocycles. The molecule has 1 saturated heterocycles. The number of halogens is 5. The number of nitrogens with one attached hydrogen (secondary N) is 1. The highest BCUT2D eigenvalue weighted by atomic mass is 35.5. The van der Waals surface area contributed by atoms with Crippen LogP contribution in [0, 0.1) is 0 Å². The molecular weight excluding hydrogens is 616 g/mol. The van der Waals surface area contributed by atoms with Gasteiger partial charge in [-0.1, -0.05) is 35.3 Å². The lowest BCUT2D eigenvalue weighted by Gasteiger charge is -2.32. The smallest absolute Gasteiger partial charge is 0.163 e. The Morgan fingerprint density at radius 2 is 1.60 bits per heavy atom. The van der Waals surface area contributed by atoms with Gasteiger partial charge in [-0.2, -0.15) is 0 Å². The number of hydrogen-bond acceptors (Lipinski definition) is 7. The molecule has 5 rings (SSSR count). The van der Waals surface area contributed by atoms with Crippen LogP contribution in [0.3, 0.4) is 0 Å². The second kappa shape index (κ2) is 14.5. The molecule has 12 heteroatoms. The summed E-state index contributed by atoms with van der Waals surface area (Å²) in [5.41, 5.74) is 5.53. The molecule has 0 unspecified atom stereocenters. The summed E-state index contributed by atoms with van der Waals surface area (Å²) < 4.78 is 0. The molecule has 2 aromatic carbocycles. The van der Waals surface area contributed by atoms with Crippen molar-refractivity contribution in [3.63, 3.8) is 0 Å². The predicted octanol–water partition coefficient (Wildman–Crippen LogP) is 7.27. The number of phenolic OH excluding ortho intramolecular Hbond substituents is 1. The van der Waals surface area contributed by atoms with Crippen LogP contribution in [0.4, 0.5) is 11.4 Å². The third kappa shape index (κ3) is 7.47. The molecule has 7 nitrogen and oxygen atoms in total. The number of pyridine rings is 2. The van der Waals surface area contributed by atoms with E-state index in [9.17, 15) is 9.90 Å². The first-order chi connectivity index (χ1) is 17.8. The lowest BCUT2D eigenvalue weighted by molar-refractivity contribution is 0.101. The van der Waals surface area contributed by atoms with Crippen LogP contribution in [-0.2, 0) is 6.54 Å². The standard InChI is InChI=1S/C28H27Cl2N5O2.3ClH/c1-17(36)21-15-31-25-8-7-24(19-13-22(29)28(37)23(30)14-19)33-27(25)26(21)32-20-5-3-18(4-6-20)16-35-11-9-34(2)10-12-35;;;/h3-8,13-15,37H,9-12,16H2,1-2H3,(H,31,32);3*1H. The number of fused-ring (bicyclic) bond motifs is 1. The molecule has 214 valence electrons. The van der Waals surface area contributed by atoms with Crippen molar-refractivity contribution in [1.82, 2.24) is 19.8 Å². The van der Waals surface area contributed by atoms with Gasteiger partial charge in [0.2, 0.25) is 0 Å². The van der Waals surface area contributed by atoms with Crippen molar-refractivity contribution < 1.29 is 9.90 Å². The Morgan fingerprint density at radius 1 is 0.975 bits per heavy atom. The molecule has 0 radical (unpaired) electrons. The van der Waals surface area contributed by atoms with E-state index in [1.54, 1.807) is 24.4 Å². The lowest BCUT2D eigenvalue weighted by atomic mass is 10.1. The third-order valence-electron chi connectivity index (χ3n) is 6.63.